The average molecular weight is 349 g/mol. The number of hydrogen-bond acceptors (Lipinski definition) is 6. The van der Waals surface area contributed by atoms with Gasteiger partial charge in [-0.2, -0.15) is 5.10 Å². The van der Waals surface area contributed by atoms with Gasteiger partial charge in [0.25, 0.3) is 0 Å². The first-order valence-electron chi connectivity index (χ1n) is 8.10. The van der Waals surface area contributed by atoms with Crippen LogP contribution in [0.15, 0.2) is 49.1 Å². The highest BCUT2D eigenvalue weighted by atomic mass is 16.7. The molecule has 1 aromatic carbocycles. The van der Waals surface area contributed by atoms with Crippen molar-refractivity contribution in [2.75, 3.05) is 13.9 Å². The van der Waals surface area contributed by atoms with E-state index in [2.05, 4.69) is 15.1 Å². The van der Waals surface area contributed by atoms with Crippen molar-refractivity contribution in [3.8, 4) is 28.6 Å². The molecule has 3 aromatic heterocycles. The average Bonchev–Trinajstić information content (AvgIpc) is 3.40. The van der Waals surface area contributed by atoms with Crippen molar-refractivity contribution >= 4 is 5.65 Å². The van der Waals surface area contributed by atoms with Gasteiger partial charge in [-0.15, -0.1) is 0 Å². The van der Waals surface area contributed by atoms with Gasteiger partial charge in [-0.1, -0.05) is 6.07 Å². The van der Waals surface area contributed by atoms with Gasteiger partial charge in [0.15, 0.2) is 17.1 Å². The molecule has 0 amide bonds. The van der Waals surface area contributed by atoms with E-state index in [0.717, 1.165) is 22.7 Å². The van der Waals surface area contributed by atoms with Gasteiger partial charge >= 0.3 is 0 Å². The Kier molecular flexibility index (Phi) is 3.27. The molecule has 0 unspecified atom stereocenters. The predicted molar refractivity (Wildman–Crippen MR) is 92.4 cm³/mol. The lowest BCUT2D eigenvalue weighted by Crippen LogP contribution is -2.07. The molecule has 4 aromatic rings. The summed E-state index contributed by atoms with van der Waals surface area (Å²) in [5, 5.41) is 4.29. The third-order valence-electron chi connectivity index (χ3n) is 4.36. The Bertz CT molecular complexity index is 1100. The van der Waals surface area contributed by atoms with Crippen LogP contribution in [0.5, 0.6) is 17.2 Å². The third-order valence-corrected chi connectivity index (χ3v) is 4.36. The molecular weight excluding hydrogens is 334 g/mol. The third kappa shape index (κ3) is 2.26. The molecule has 0 saturated carbocycles. The Labute approximate surface area is 148 Å². The van der Waals surface area contributed by atoms with Crippen LogP contribution in [0.25, 0.3) is 17.0 Å². The number of benzene rings is 1. The zero-order chi connectivity index (χ0) is 17.5. The SMILES string of the molecule is COc1cc2c(cc1-c1nccn1Cc1cccc3ncnn13)OCO2. The second-order valence-corrected chi connectivity index (χ2v) is 5.83. The molecule has 8 nitrogen and oxygen atoms in total. The summed E-state index contributed by atoms with van der Waals surface area (Å²) in [5.74, 6) is 2.82. The largest absolute Gasteiger partial charge is 0.496 e. The minimum Gasteiger partial charge on any atom is -0.496 e. The smallest absolute Gasteiger partial charge is 0.231 e. The van der Waals surface area contributed by atoms with E-state index in [1.54, 1.807) is 19.6 Å². The number of nitrogens with zero attached hydrogens (tertiary/aromatic N) is 5. The maximum atomic E-state index is 5.54. The molecule has 26 heavy (non-hydrogen) atoms. The van der Waals surface area contributed by atoms with Crippen molar-refractivity contribution in [2.45, 2.75) is 6.54 Å². The first kappa shape index (κ1) is 14.8. The minimum atomic E-state index is 0.213. The van der Waals surface area contributed by atoms with Crippen LogP contribution in [0.4, 0.5) is 0 Å². The van der Waals surface area contributed by atoms with E-state index in [-0.39, 0.29) is 6.79 Å². The van der Waals surface area contributed by atoms with E-state index < -0.39 is 0 Å². The van der Waals surface area contributed by atoms with Gasteiger partial charge in [-0.25, -0.2) is 14.5 Å². The van der Waals surface area contributed by atoms with E-state index in [4.69, 9.17) is 14.2 Å². The van der Waals surface area contributed by atoms with Gasteiger partial charge in [-0.05, 0) is 18.2 Å². The Balaban J connectivity index is 1.59. The summed E-state index contributed by atoms with van der Waals surface area (Å²) in [5.41, 5.74) is 2.65. The molecule has 0 N–H and O–H groups in total. The molecule has 1 aliphatic heterocycles. The minimum absolute atomic E-state index is 0.213. The number of fused-ring (bicyclic) bond motifs is 2. The summed E-state index contributed by atoms with van der Waals surface area (Å²) in [6.45, 7) is 0.804. The number of imidazole rings is 1. The lowest BCUT2D eigenvalue weighted by atomic mass is 10.1. The van der Waals surface area contributed by atoms with Gasteiger partial charge in [-0.3, -0.25) is 0 Å². The van der Waals surface area contributed by atoms with E-state index in [1.165, 1.54) is 0 Å². The molecule has 5 rings (SSSR count). The van der Waals surface area contributed by atoms with Crippen LogP contribution in [0.1, 0.15) is 5.69 Å². The highest BCUT2D eigenvalue weighted by molar-refractivity contribution is 5.70. The number of hydrogen-bond donors (Lipinski definition) is 0. The summed E-state index contributed by atoms with van der Waals surface area (Å²) in [6, 6.07) is 9.64. The fourth-order valence-electron chi connectivity index (χ4n) is 3.14. The molecule has 8 heteroatoms. The highest BCUT2D eigenvalue weighted by Gasteiger charge is 2.21. The van der Waals surface area contributed by atoms with Crippen LogP contribution in [-0.2, 0) is 6.54 Å². The van der Waals surface area contributed by atoms with Crippen molar-refractivity contribution < 1.29 is 14.2 Å². The Hall–Kier alpha value is -3.55. The van der Waals surface area contributed by atoms with Gasteiger partial charge in [0.1, 0.15) is 17.9 Å². The molecule has 0 radical (unpaired) electrons. The number of aromatic nitrogens is 5. The number of rotatable bonds is 4. The molecule has 0 spiro atoms. The molecule has 0 bridgehead atoms. The fraction of sp³-hybridized carbons (Fsp3) is 0.167. The van der Waals surface area contributed by atoms with Gasteiger partial charge in [0, 0.05) is 18.5 Å². The van der Waals surface area contributed by atoms with Crippen molar-refractivity contribution in [3.63, 3.8) is 0 Å². The van der Waals surface area contributed by atoms with Crippen molar-refractivity contribution in [3.05, 3.63) is 54.7 Å². The van der Waals surface area contributed by atoms with Crippen molar-refractivity contribution in [2.24, 2.45) is 0 Å². The summed E-state index contributed by atoms with van der Waals surface area (Å²) < 4.78 is 20.3. The molecule has 1 aliphatic rings. The first-order chi connectivity index (χ1) is 12.8. The van der Waals surface area contributed by atoms with Crippen molar-refractivity contribution in [1.29, 1.82) is 0 Å². The topological polar surface area (TPSA) is 75.7 Å². The second-order valence-electron chi connectivity index (χ2n) is 5.83. The second kappa shape index (κ2) is 5.76. The van der Waals surface area contributed by atoms with E-state index >= 15 is 0 Å². The lowest BCUT2D eigenvalue weighted by Gasteiger charge is -2.13. The van der Waals surface area contributed by atoms with Crippen LogP contribution in [0.2, 0.25) is 0 Å². The number of methoxy groups -OCH3 is 1. The van der Waals surface area contributed by atoms with Gasteiger partial charge < -0.3 is 18.8 Å². The maximum Gasteiger partial charge on any atom is 0.231 e. The molecule has 4 heterocycles. The molecule has 0 fully saturated rings. The number of ether oxygens (including phenoxy) is 3. The van der Waals surface area contributed by atoms with Crippen molar-refractivity contribution in [1.82, 2.24) is 24.1 Å². The Morgan fingerprint density at radius 3 is 2.92 bits per heavy atom. The summed E-state index contributed by atoms with van der Waals surface area (Å²) in [7, 11) is 1.63. The molecular formula is C18H15N5O3. The summed E-state index contributed by atoms with van der Waals surface area (Å²) in [6.07, 6.45) is 5.24. The van der Waals surface area contributed by atoms with Crippen LogP contribution in [0.3, 0.4) is 0 Å². The molecule has 0 saturated heterocycles. The predicted octanol–water partition coefficient (Wildman–Crippen LogP) is 2.38. The maximum absolute atomic E-state index is 5.54. The van der Waals surface area contributed by atoms with Crippen LogP contribution >= 0.6 is 0 Å². The summed E-state index contributed by atoms with van der Waals surface area (Å²) >= 11 is 0. The normalized spacial score (nSPS) is 12.7. The quantitative estimate of drug-likeness (QED) is 0.563. The Morgan fingerprint density at radius 1 is 1.15 bits per heavy atom. The zero-order valence-electron chi connectivity index (χ0n) is 14.0. The van der Waals surface area contributed by atoms with Gasteiger partial charge in [0.2, 0.25) is 6.79 Å². The number of pyridine rings is 1. The molecule has 130 valence electrons. The lowest BCUT2D eigenvalue weighted by molar-refractivity contribution is 0.174. The van der Waals surface area contributed by atoms with Gasteiger partial charge in [0.05, 0.1) is 24.9 Å². The zero-order valence-corrected chi connectivity index (χ0v) is 14.0. The van der Waals surface area contributed by atoms with E-state index in [9.17, 15) is 0 Å². The highest BCUT2D eigenvalue weighted by Crippen LogP contribution is 2.42. The first-order valence-corrected chi connectivity index (χ1v) is 8.10. The van der Waals surface area contributed by atoms with Crippen LogP contribution in [-0.4, -0.2) is 38.1 Å². The van der Waals surface area contributed by atoms with Crippen LogP contribution < -0.4 is 14.2 Å². The van der Waals surface area contributed by atoms with Crippen LogP contribution in [0, 0.1) is 0 Å². The molecule has 0 atom stereocenters. The fourth-order valence-corrected chi connectivity index (χ4v) is 3.14. The monoisotopic (exact) mass is 349 g/mol. The van der Waals surface area contributed by atoms with E-state index in [0.29, 0.717) is 23.8 Å². The van der Waals surface area contributed by atoms with E-state index in [1.807, 2.05) is 45.6 Å². The molecule has 0 aliphatic carbocycles. The standard InChI is InChI=1S/C18H15N5O3/c1-24-14-8-16-15(25-11-26-16)7-13(14)18-19-5-6-22(18)9-12-3-2-4-17-20-10-21-23(12)17/h2-8,10H,9,11H2,1H3. The Morgan fingerprint density at radius 2 is 2.04 bits per heavy atom. The summed E-state index contributed by atoms with van der Waals surface area (Å²) in [4.78, 5) is 8.76.